The minimum absolute atomic E-state index is 0.0232. The van der Waals surface area contributed by atoms with Gasteiger partial charge >= 0.3 is 0 Å². The maximum atomic E-state index is 13.3. The van der Waals surface area contributed by atoms with Gasteiger partial charge in [0.1, 0.15) is 5.82 Å². The smallest absolute Gasteiger partial charge is 0.224 e. The normalized spacial score (nSPS) is 16.1. The van der Waals surface area contributed by atoms with Gasteiger partial charge in [0, 0.05) is 74.5 Å². The molecule has 2 atom stereocenters. The van der Waals surface area contributed by atoms with Crippen LogP contribution in [0.2, 0.25) is 0 Å². The van der Waals surface area contributed by atoms with Crippen molar-refractivity contribution < 1.29 is 9.59 Å². The minimum atomic E-state index is -0.254. The van der Waals surface area contributed by atoms with E-state index in [9.17, 15) is 9.59 Å². The third-order valence-electron chi connectivity index (χ3n) is 7.88. The molecule has 5 N–H and O–H groups in total. The van der Waals surface area contributed by atoms with Crippen LogP contribution in [0, 0.1) is 0 Å². The monoisotopic (exact) mass is 538 g/mol. The van der Waals surface area contributed by atoms with Crippen molar-refractivity contribution in [3.63, 3.8) is 0 Å². The van der Waals surface area contributed by atoms with E-state index in [1.54, 1.807) is 19.3 Å². The Balaban J connectivity index is 1.22. The van der Waals surface area contributed by atoms with Gasteiger partial charge in [0.25, 0.3) is 0 Å². The SMILES string of the molecule is CNC(=O)CCn1c([C@@H]2CCCN(C(=O)C[C@H](N)Cc3ccc(-c4ccc(N)nc4)cc3)C2)cc2ccccc21. The first-order valence-electron chi connectivity index (χ1n) is 14.0. The van der Waals surface area contributed by atoms with E-state index < -0.39 is 0 Å². The first kappa shape index (κ1) is 27.4. The molecule has 1 fully saturated rings. The molecule has 1 aliphatic rings. The molecular weight excluding hydrogens is 500 g/mol. The fraction of sp³-hybridized carbons (Fsp3) is 0.344. The second kappa shape index (κ2) is 12.3. The summed E-state index contributed by atoms with van der Waals surface area (Å²) in [5.74, 6) is 0.852. The summed E-state index contributed by atoms with van der Waals surface area (Å²) >= 11 is 0. The molecule has 0 spiro atoms. The largest absolute Gasteiger partial charge is 0.384 e. The summed E-state index contributed by atoms with van der Waals surface area (Å²) in [5.41, 5.74) is 17.7. The second-order valence-corrected chi connectivity index (χ2v) is 10.7. The molecule has 1 aliphatic heterocycles. The van der Waals surface area contributed by atoms with Crippen molar-refractivity contribution in [2.75, 3.05) is 25.9 Å². The number of carbonyl (C=O) groups excluding carboxylic acids is 2. The molecule has 8 heteroatoms. The van der Waals surface area contributed by atoms with Crippen LogP contribution in [0.3, 0.4) is 0 Å². The summed E-state index contributed by atoms with van der Waals surface area (Å²) in [4.78, 5) is 31.5. The second-order valence-electron chi connectivity index (χ2n) is 10.7. The molecule has 2 aromatic carbocycles. The number of carbonyl (C=O) groups is 2. The zero-order valence-corrected chi connectivity index (χ0v) is 23.1. The molecule has 8 nitrogen and oxygen atoms in total. The van der Waals surface area contributed by atoms with Gasteiger partial charge in [-0.2, -0.15) is 0 Å². The lowest BCUT2D eigenvalue weighted by Crippen LogP contribution is -2.42. The Labute approximate surface area is 235 Å². The van der Waals surface area contributed by atoms with Crippen LogP contribution in [-0.4, -0.2) is 52.4 Å². The lowest BCUT2D eigenvalue weighted by Gasteiger charge is -2.34. The summed E-state index contributed by atoms with van der Waals surface area (Å²) in [6, 6.07) is 22.2. The van der Waals surface area contributed by atoms with Gasteiger partial charge in [-0.05, 0) is 60.0 Å². The molecule has 208 valence electrons. The van der Waals surface area contributed by atoms with Crippen LogP contribution in [-0.2, 0) is 22.6 Å². The molecular formula is C32H38N6O2. The Bertz CT molecular complexity index is 1460. The first-order chi connectivity index (χ1) is 19.4. The number of para-hydroxylation sites is 1. The number of rotatable bonds is 9. The summed E-state index contributed by atoms with van der Waals surface area (Å²) in [7, 11) is 1.67. The Kier molecular flexibility index (Phi) is 8.45. The van der Waals surface area contributed by atoms with Crippen molar-refractivity contribution >= 4 is 28.5 Å². The number of benzene rings is 2. The van der Waals surface area contributed by atoms with Crippen molar-refractivity contribution in [1.82, 2.24) is 19.8 Å². The van der Waals surface area contributed by atoms with E-state index >= 15 is 0 Å². The number of amides is 2. The summed E-state index contributed by atoms with van der Waals surface area (Å²) < 4.78 is 2.26. The third-order valence-corrected chi connectivity index (χ3v) is 7.88. The summed E-state index contributed by atoms with van der Waals surface area (Å²) in [6.07, 6.45) is 5.10. The standard InChI is InChI=1S/C32H38N6O2/c1-35-31(39)14-16-38-28-7-3-2-5-24(28)18-29(38)26-6-4-15-37(21-26)32(40)19-27(33)17-22-8-10-23(11-9-22)25-12-13-30(34)36-20-25/h2-3,5,7-13,18,20,26-27H,4,6,14-17,19,21,33H2,1H3,(H2,34,36)(H,35,39)/t26-,27-/m1/s1. The number of nitrogens with one attached hydrogen (secondary N) is 1. The predicted molar refractivity (Wildman–Crippen MR) is 160 cm³/mol. The molecule has 1 saturated heterocycles. The van der Waals surface area contributed by atoms with Crippen LogP contribution in [0.4, 0.5) is 5.82 Å². The Morgan fingerprint density at radius 2 is 1.85 bits per heavy atom. The molecule has 2 aromatic heterocycles. The number of hydrogen-bond acceptors (Lipinski definition) is 5. The van der Waals surface area contributed by atoms with Gasteiger partial charge < -0.3 is 26.3 Å². The molecule has 3 heterocycles. The third kappa shape index (κ3) is 6.34. The van der Waals surface area contributed by atoms with Crippen LogP contribution in [0.25, 0.3) is 22.0 Å². The molecule has 0 saturated carbocycles. The molecule has 0 unspecified atom stereocenters. The maximum absolute atomic E-state index is 13.3. The van der Waals surface area contributed by atoms with Crippen LogP contribution in [0.5, 0.6) is 0 Å². The van der Waals surface area contributed by atoms with Crippen molar-refractivity contribution in [2.24, 2.45) is 5.73 Å². The van der Waals surface area contributed by atoms with Gasteiger partial charge in [0.2, 0.25) is 11.8 Å². The molecule has 0 bridgehead atoms. The van der Waals surface area contributed by atoms with Crippen LogP contribution >= 0.6 is 0 Å². The quantitative estimate of drug-likeness (QED) is 0.297. The molecule has 0 aliphatic carbocycles. The van der Waals surface area contributed by atoms with E-state index in [-0.39, 0.29) is 23.8 Å². The average molecular weight is 539 g/mol. The zero-order chi connectivity index (χ0) is 28.1. The number of nitrogens with zero attached hydrogens (tertiary/aromatic N) is 3. The van der Waals surface area contributed by atoms with Crippen molar-refractivity contribution in [2.45, 2.75) is 50.6 Å². The number of aryl methyl sites for hydroxylation is 1. The number of hydrogen-bond donors (Lipinski definition) is 3. The fourth-order valence-corrected chi connectivity index (χ4v) is 5.74. The molecule has 5 rings (SSSR count). The van der Waals surface area contributed by atoms with Crippen LogP contribution in [0.15, 0.2) is 72.9 Å². The predicted octanol–water partition coefficient (Wildman–Crippen LogP) is 4.09. The lowest BCUT2D eigenvalue weighted by molar-refractivity contribution is -0.132. The number of pyridine rings is 1. The Morgan fingerprint density at radius 1 is 1.07 bits per heavy atom. The van der Waals surface area contributed by atoms with E-state index in [1.165, 1.54) is 11.1 Å². The number of fused-ring (bicyclic) bond motifs is 1. The molecule has 2 amide bonds. The number of piperidine rings is 1. The van der Waals surface area contributed by atoms with Crippen molar-refractivity contribution in [3.8, 4) is 11.1 Å². The fourth-order valence-electron chi connectivity index (χ4n) is 5.74. The van der Waals surface area contributed by atoms with Gasteiger partial charge in [0.15, 0.2) is 0 Å². The average Bonchev–Trinajstić information content (AvgIpc) is 3.35. The molecule has 4 aromatic rings. The summed E-state index contributed by atoms with van der Waals surface area (Å²) in [6.45, 7) is 2.04. The Hall–Kier alpha value is -4.17. The van der Waals surface area contributed by atoms with Crippen LogP contribution < -0.4 is 16.8 Å². The summed E-state index contributed by atoms with van der Waals surface area (Å²) in [5, 5.41) is 3.89. The minimum Gasteiger partial charge on any atom is -0.384 e. The lowest BCUT2D eigenvalue weighted by atomic mass is 9.93. The highest BCUT2D eigenvalue weighted by Crippen LogP contribution is 2.32. The van der Waals surface area contributed by atoms with E-state index in [2.05, 4.69) is 57.3 Å². The Morgan fingerprint density at radius 3 is 2.60 bits per heavy atom. The van der Waals surface area contributed by atoms with Gasteiger partial charge in [-0.3, -0.25) is 9.59 Å². The number of nitrogen functional groups attached to an aromatic ring is 1. The van der Waals surface area contributed by atoms with E-state index in [1.807, 2.05) is 23.1 Å². The number of aromatic nitrogens is 2. The number of likely N-dealkylation sites (tertiary alicyclic amines) is 1. The number of nitrogens with two attached hydrogens (primary N) is 2. The van der Waals surface area contributed by atoms with Crippen LogP contribution in [0.1, 0.15) is 42.9 Å². The molecule has 40 heavy (non-hydrogen) atoms. The highest BCUT2D eigenvalue weighted by molar-refractivity contribution is 5.82. The van der Waals surface area contributed by atoms with E-state index in [0.29, 0.717) is 38.2 Å². The zero-order valence-electron chi connectivity index (χ0n) is 23.1. The number of anilines is 1. The van der Waals surface area contributed by atoms with Crippen molar-refractivity contribution in [3.05, 3.63) is 84.2 Å². The highest BCUT2D eigenvalue weighted by atomic mass is 16.2. The van der Waals surface area contributed by atoms with Crippen molar-refractivity contribution in [1.29, 1.82) is 0 Å². The van der Waals surface area contributed by atoms with Gasteiger partial charge in [-0.25, -0.2) is 4.98 Å². The maximum Gasteiger partial charge on any atom is 0.224 e. The van der Waals surface area contributed by atoms with E-state index in [0.717, 1.165) is 41.6 Å². The van der Waals surface area contributed by atoms with E-state index in [4.69, 9.17) is 11.5 Å². The highest BCUT2D eigenvalue weighted by Gasteiger charge is 2.28. The first-order valence-corrected chi connectivity index (χ1v) is 14.0. The van der Waals surface area contributed by atoms with Gasteiger partial charge in [-0.1, -0.05) is 42.5 Å². The topological polar surface area (TPSA) is 119 Å². The van der Waals surface area contributed by atoms with Gasteiger partial charge in [-0.15, -0.1) is 0 Å². The van der Waals surface area contributed by atoms with Gasteiger partial charge in [0.05, 0.1) is 0 Å². The molecule has 0 radical (unpaired) electrons.